The van der Waals surface area contributed by atoms with Gasteiger partial charge >= 0.3 is 17.9 Å². The van der Waals surface area contributed by atoms with Crippen molar-refractivity contribution >= 4 is 17.9 Å². The summed E-state index contributed by atoms with van der Waals surface area (Å²) >= 11 is 0. The first-order valence-electron chi connectivity index (χ1n) is 40.9. The van der Waals surface area contributed by atoms with E-state index in [-0.39, 0.29) is 38.6 Å². The highest BCUT2D eigenvalue weighted by Crippen LogP contribution is 2.18. The van der Waals surface area contributed by atoms with Gasteiger partial charge in [0.1, 0.15) is 13.2 Å². The molecule has 0 heterocycles. The van der Waals surface area contributed by atoms with Crippen LogP contribution >= 0.6 is 0 Å². The quantitative estimate of drug-likeness (QED) is 0.0211. The maximum absolute atomic E-state index is 13.0. The van der Waals surface area contributed by atoms with Crippen LogP contribution in [0.5, 0.6) is 0 Å². The lowest BCUT2D eigenvalue weighted by atomic mass is 10.0. The van der Waals surface area contributed by atoms with Crippen molar-refractivity contribution in [3.63, 3.8) is 0 Å². The summed E-state index contributed by atoms with van der Waals surface area (Å²) in [6.45, 7) is 4.71. The van der Waals surface area contributed by atoms with Crippen LogP contribution in [0.4, 0.5) is 0 Å². The van der Waals surface area contributed by atoms with Crippen LogP contribution in [-0.2, 0) is 33.3 Å². The number of rotatable bonds is 74. The van der Waals surface area contributed by atoms with E-state index in [9.17, 15) is 19.5 Å². The summed E-state index contributed by atoms with van der Waals surface area (Å²) in [6.07, 6.45) is 119. The normalized spacial score (nSPS) is 13.6. The molecule has 572 valence electrons. The number of carboxylic acids is 1. The second-order valence-corrected chi connectivity index (χ2v) is 28.0. The summed E-state index contributed by atoms with van der Waals surface area (Å²) in [6, 6.07) is 0. The predicted octanol–water partition coefficient (Wildman–Crippen LogP) is 26.7. The number of likely N-dealkylation sites (N-methyl/N-ethyl adjacent to an activating group) is 1. The Kier molecular flexibility index (Phi) is 75.6. The summed E-state index contributed by atoms with van der Waals surface area (Å²) < 4.78 is 23.0. The minimum Gasteiger partial charge on any atom is -0.477 e. The number of carbonyl (C=O) groups excluding carboxylic acids is 2. The molecule has 0 aliphatic rings. The SMILES string of the molecule is CC/C=C\C/C=C\C/C=C\C/C=C\C/C=C\C/C=C\C/C=C\C/C=C\C/C=C\C/C=C\C/C=C\C/C=C\CCCCC(=O)OC(COC(=O)CCCCCCCCCCCCCCCCCCCCCCCC/C=C\C/C=C\C/C=C\CCCCCCC)COC(OCC[N+](C)(C)C)C(=O)O. The van der Waals surface area contributed by atoms with Gasteiger partial charge in [-0.1, -0.05) is 350 Å². The predicted molar refractivity (Wildman–Crippen MR) is 437 cm³/mol. The second kappa shape index (κ2) is 80.1. The third-order valence-electron chi connectivity index (χ3n) is 17.1. The minimum absolute atomic E-state index is 0.171. The zero-order valence-corrected chi connectivity index (χ0v) is 65.5. The molecule has 2 unspecified atom stereocenters. The Morgan fingerprint density at radius 2 is 0.564 bits per heavy atom. The van der Waals surface area contributed by atoms with E-state index >= 15 is 0 Å². The number of nitrogens with zero attached hydrogens (tertiary/aromatic N) is 1. The van der Waals surface area contributed by atoms with Crippen molar-refractivity contribution in [3.8, 4) is 0 Å². The highest BCUT2D eigenvalue weighted by molar-refractivity contribution is 5.71. The number of carbonyl (C=O) groups is 3. The average molecular weight is 1400 g/mol. The fourth-order valence-corrected chi connectivity index (χ4v) is 10.9. The lowest BCUT2D eigenvalue weighted by Crippen LogP contribution is -2.40. The Labute approximate surface area is 621 Å². The summed E-state index contributed by atoms with van der Waals surface area (Å²) in [5.74, 6) is -2.07. The monoisotopic (exact) mass is 1400 g/mol. The van der Waals surface area contributed by atoms with Gasteiger partial charge in [-0.05, 0) is 141 Å². The minimum atomic E-state index is -1.53. The van der Waals surface area contributed by atoms with Gasteiger partial charge in [-0.15, -0.1) is 0 Å². The molecule has 101 heavy (non-hydrogen) atoms. The molecule has 0 rings (SSSR count). The molecule has 0 aliphatic heterocycles. The van der Waals surface area contributed by atoms with Crippen LogP contribution in [-0.4, -0.2) is 87.4 Å². The third kappa shape index (κ3) is 81.6. The number of hydrogen-bond acceptors (Lipinski definition) is 7. The zero-order valence-electron chi connectivity index (χ0n) is 65.5. The van der Waals surface area contributed by atoms with Gasteiger partial charge in [0.25, 0.3) is 6.29 Å². The molecule has 0 aromatic carbocycles. The van der Waals surface area contributed by atoms with E-state index in [0.29, 0.717) is 17.4 Å². The first-order chi connectivity index (χ1) is 49.6. The Balaban J connectivity index is 4.15. The van der Waals surface area contributed by atoms with Crippen LogP contribution in [0.1, 0.15) is 322 Å². The van der Waals surface area contributed by atoms with E-state index in [1.165, 1.54) is 167 Å². The van der Waals surface area contributed by atoms with Crippen LogP contribution in [0.15, 0.2) is 182 Å². The van der Waals surface area contributed by atoms with Gasteiger partial charge in [0.15, 0.2) is 6.10 Å². The number of unbranched alkanes of at least 4 members (excludes halogenated alkanes) is 29. The molecule has 0 aliphatic carbocycles. The molecule has 0 radical (unpaired) electrons. The van der Waals surface area contributed by atoms with Gasteiger partial charge in [0.2, 0.25) is 0 Å². The van der Waals surface area contributed by atoms with E-state index in [0.717, 1.165) is 122 Å². The molecule has 0 bridgehead atoms. The van der Waals surface area contributed by atoms with Gasteiger partial charge in [-0.3, -0.25) is 9.59 Å². The lowest BCUT2D eigenvalue weighted by molar-refractivity contribution is -0.870. The molecule has 2 atom stereocenters. The molecular weight excluding hydrogens is 1250 g/mol. The number of quaternary nitrogens is 1. The zero-order chi connectivity index (χ0) is 73.2. The highest BCUT2D eigenvalue weighted by Gasteiger charge is 2.25. The van der Waals surface area contributed by atoms with E-state index in [4.69, 9.17) is 18.9 Å². The van der Waals surface area contributed by atoms with Gasteiger partial charge in [0, 0.05) is 12.8 Å². The van der Waals surface area contributed by atoms with Crippen molar-refractivity contribution in [2.75, 3.05) is 47.5 Å². The molecule has 0 fully saturated rings. The smallest absolute Gasteiger partial charge is 0.361 e. The number of ether oxygens (including phenoxy) is 4. The molecular formula is C92H152NO8+. The number of hydrogen-bond donors (Lipinski definition) is 1. The van der Waals surface area contributed by atoms with Gasteiger partial charge in [-0.2, -0.15) is 0 Å². The summed E-state index contributed by atoms with van der Waals surface area (Å²) in [4.78, 5) is 37.7. The van der Waals surface area contributed by atoms with Crippen LogP contribution in [0.25, 0.3) is 0 Å². The third-order valence-corrected chi connectivity index (χ3v) is 17.1. The first-order valence-corrected chi connectivity index (χ1v) is 40.9. The van der Waals surface area contributed by atoms with Crippen molar-refractivity contribution in [3.05, 3.63) is 182 Å². The van der Waals surface area contributed by atoms with E-state index < -0.39 is 24.3 Å². The van der Waals surface area contributed by atoms with Crippen LogP contribution in [0.3, 0.4) is 0 Å². The fourth-order valence-electron chi connectivity index (χ4n) is 10.9. The Bertz CT molecular complexity index is 2330. The molecule has 0 amide bonds. The van der Waals surface area contributed by atoms with Crippen molar-refractivity contribution in [2.45, 2.75) is 334 Å². The number of carboxylic acid groups (broad SMARTS) is 1. The van der Waals surface area contributed by atoms with Gasteiger partial charge < -0.3 is 28.5 Å². The van der Waals surface area contributed by atoms with E-state index in [1.54, 1.807) is 0 Å². The fraction of sp³-hybridized carbons (Fsp3) is 0.641. The molecule has 0 spiro atoms. The molecule has 0 saturated heterocycles. The van der Waals surface area contributed by atoms with E-state index in [1.807, 2.05) is 21.1 Å². The average Bonchev–Trinajstić information content (AvgIpc) is 1.21. The van der Waals surface area contributed by atoms with Gasteiger partial charge in [0.05, 0.1) is 34.4 Å². The molecule has 0 aromatic rings. The summed E-state index contributed by atoms with van der Waals surface area (Å²) in [5.41, 5.74) is 0. The Morgan fingerprint density at radius 3 is 0.861 bits per heavy atom. The molecule has 9 heteroatoms. The summed E-state index contributed by atoms with van der Waals surface area (Å²) in [7, 11) is 5.96. The number of allylic oxidation sites excluding steroid dienone is 30. The first kappa shape index (κ1) is 95.4. The Morgan fingerprint density at radius 1 is 0.307 bits per heavy atom. The number of esters is 2. The van der Waals surface area contributed by atoms with E-state index in [2.05, 4.69) is 196 Å². The van der Waals surface area contributed by atoms with Crippen molar-refractivity contribution in [1.29, 1.82) is 0 Å². The van der Waals surface area contributed by atoms with Crippen molar-refractivity contribution in [2.24, 2.45) is 0 Å². The molecule has 1 N–H and O–H groups in total. The van der Waals surface area contributed by atoms with Crippen molar-refractivity contribution < 1.29 is 42.9 Å². The molecule has 0 saturated carbocycles. The van der Waals surface area contributed by atoms with Crippen molar-refractivity contribution in [1.82, 2.24) is 0 Å². The lowest BCUT2D eigenvalue weighted by Gasteiger charge is -2.25. The molecule has 0 aromatic heterocycles. The highest BCUT2D eigenvalue weighted by atomic mass is 16.7. The molecule has 9 nitrogen and oxygen atoms in total. The number of aliphatic carboxylic acids is 1. The Hall–Kier alpha value is -5.61. The second-order valence-electron chi connectivity index (χ2n) is 28.0. The largest absolute Gasteiger partial charge is 0.477 e. The summed E-state index contributed by atoms with van der Waals surface area (Å²) in [5, 5.41) is 9.77. The topological polar surface area (TPSA) is 108 Å². The maximum atomic E-state index is 13.0. The van der Waals surface area contributed by atoms with Crippen LogP contribution < -0.4 is 0 Å². The van der Waals surface area contributed by atoms with Gasteiger partial charge in [-0.25, -0.2) is 4.79 Å². The van der Waals surface area contributed by atoms with Crippen LogP contribution in [0, 0.1) is 0 Å². The standard InChI is InChI=1S/C92H151NO8/c1-6-8-10-12-14-16-18-20-22-24-26-28-30-32-34-36-38-40-42-44-45-47-49-51-53-55-57-59-61-63-65-67-69-71-73-75-77-79-81-83-90(95)101-88(87-100-92(91(96)97)98-85-84-93(3,4)5)86-99-89(94)82-80-78-76-74-72-70-68-66-64-62-60-58-56-54-52-50-48-46-43-41-39-37-35-33-31-29-27-25-23-21-19-17-15-13-11-9-7-2/h8,10,14,16,19-22,25-28,31-34,38,40,44-45,49,51,55,57,61,63,67,69,73,75,88,92H,6-7,9,11-13,15,17-18,23-24,29-30,35-37,39,41-43,46-48,50,52-54,56,58-60,62,64-66,68,70-72,74,76-87H2,1-5H3/p+1/b10-8-,16-14-,21-19-,22-20-,27-25-,28-26-,33-31-,34-32-,40-38-,45-44-,51-49-,57-55-,63-61-,69-67-,75-73-. The van der Waals surface area contributed by atoms with Crippen LogP contribution in [0.2, 0.25) is 0 Å². The maximum Gasteiger partial charge on any atom is 0.361 e.